The summed E-state index contributed by atoms with van der Waals surface area (Å²) in [5.74, 6) is -0.151. The summed E-state index contributed by atoms with van der Waals surface area (Å²) in [6.07, 6.45) is 1.15. The zero-order chi connectivity index (χ0) is 14.4. The molecule has 0 saturated heterocycles. The lowest BCUT2D eigenvalue weighted by molar-refractivity contribution is 0.502. The second-order valence-electron chi connectivity index (χ2n) is 5.24. The fourth-order valence-electron chi connectivity index (χ4n) is 2.33. The minimum Gasteiger partial charge on any atom is -0.315 e. The maximum Gasteiger partial charge on any atom is 0.131 e. The van der Waals surface area contributed by atoms with Crippen LogP contribution in [0.25, 0.3) is 10.8 Å². The third-order valence-electron chi connectivity index (χ3n) is 3.48. The number of rotatable bonds is 7. The summed E-state index contributed by atoms with van der Waals surface area (Å²) in [6, 6.07) is 11.5. The highest BCUT2D eigenvalue weighted by molar-refractivity contribution is 5.86. The first-order chi connectivity index (χ1) is 9.72. The molecule has 0 saturated carbocycles. The van der Waals surface area contributed by atoms with E-state index in [9.17, 15) is 4.39 Å². The van der Waals surface area contributed by atoms with Crippen LogP contribution in [0.3, 0.4) is 0 Å². The number of hydrogen-bond acceptors (Lipinski definition) is 2. The third-order valence-corrected chi connectivity index (χ3v) is 3.48. The fraction of sp³-hybridized carbons (Fsp3) is 0.412. The first-order valence-electron chi connectivity index (χ1n) is 7.32. The van der Waals surface area contributed by atoms with E-state index in [4.69, 9.17) is 0 Å². The molecule has 2 N–H and O–H groups in total. The lowest BCUT2D eigenvalue weighted by atomic mass is 10.0. The first kappa shape index (κ1) is 14.9. The molecule has 0 aliphatic carbocycles. The molecule has 3 heteroatoms. The molecule has 1 atom stereocenters. The summed E-state index contributed by atoms with van der Waals surface area (Å²) in [7, 11) is 0. The maximum absolute atomic E-state index is 13.7. The lowest BCUT2D eigenvalue weighted by Gasteiger charge is -2.15. The Morgan fingerprint density at radius 2 is 1.85 bits per heavy atom. The largest absolute Gasteiger partial charge is 0.315 e. The molecule has 2 aromatic rings. The minimum absolute atomic E-state index is 0.151. The Morgan fingerprint density at radius 1 is 1.10 bits per heavy atom. The van der Waals surface area contributed by atoms with Crippen molar-refractivity contribution in [1.29, 1.82) is 0 Å². The number of hydrogen-bond donors (Lipinski definition) is 2. The quantitative estimate of drug-likeness (QED) is 0.756. The number of fused-ring (bicyclic) bond motifs is 1. The molecule has 0 bridgehead atoms. The van der Waals surface area contributed by atoms with E-state index in [2.05, 4.69) is 24.5 Å². The summed E-state index contributed by atoms with van der Waals surface area (Å²) < 4.78 is 13.7. The predicted octanol–water partition coefficient (Wildman–Crippen LogP) is 3.46. The molecule has 0 radical (unpaired) electrons. The predicted molar refractivity (Wildman–Crippen MR) is 83.4 cm³/mol. The average Bonchev–Trinajstić information content (AvgIpc) is 2.47. The topological polar surface area (TPSA) is 24.1 Å². The van der Waals surface area contributed by atoms with Gasteiger partial charge in [0, 0.05) is 24.5 Å². The third kappa shape index (κ3) is 3.78. The van der Waals surface area contributed by atoms with Crippen LogP contribution in [-0.4, -0.2) is 19.1 Å². The highest BCUT2D eigenvalue weighted by Gasteiger charge is 2.06. The van der Waals surface area contributed by atoms with Gasteiger partial charge in [-0.2, -0.15) is 0 Å². The molecule has 1 unspecified atom stereocenters. The van der Waals surface area contributed by atoms with E-state index in [1.807, 2.05) is 30.3 Å². The molecule has 0 heterocycles. The van der Waals surface area contributed by atoms with Crippen molar-refractivity contribution in [3.8, 4) is 0 Å². The van der Waals surface area contributed by atoms with Crippen LogP contribution in [0.4, 0.5) is 4.39 Å². The Kier molecular flexibility index (Phi) is 5.50. The van der Waals surface area contributed by atoms with Gasteiger partial charge in [-0.1, -0.05) is 37.3 Å². The van der Waals surface area contributed by atoms with E-state index in [1.54, 1.807) is 6.07 Å². The highest BCUT2D eigenvalue weighted by Crippen LogP contribution is 2.21. The molecule has 0 aliphatic rings. The van der Waals surface area contributed by atoms with Gasteiger partial charge in [-0.3, -0.25) is 0 Å². The van der Waals surface area contributed by atoms with E-state index < -0.39 is 0 Å². The number of halogens is 1. The summed E-state index contributed by atoms with van der Waals surface area (Å²) in [5, 5.41) is 8.57. The Bertz CT molecular complexity index is 554. The van der Waals surface area contributed by atoms with Crippen LogP contribution in [0.1, 0.15) is 25.8 Å². The van der Waals surface area contributed by atoms with E-state index in [1.165, 1.54) is 0 Å². The van der Waals surface area contributed by atoms with Crippen LogP contribution >= 0.6 is 0 Å². The van der Waals surface area contributed by atoms with Crippen LogP contribution in [-0.2, 0) is 6.54 Å². The van der Waals surface area contributed by atoms with Crippen molar-refractivity contribution in [1.82, 2.24) is 10.6 Å². The molecule has 2 aromatic carbocycles. The Labute approximate surface area is 120 Å². The SMILES string of the molecule is CCCNCC(C)NCc1ccc(F)c2ccccc12. The van der Waals surface area contributed by atoms with Crippen molar-refractivity contribution in [3.05, 3.63) is 47.8 Å². The van der Waals surface area contributed by atoms with Crippen LogP contribution in [0, 0.1) is 5.82 Å². The monoisotopic (exact) mass is 274 g/mol. The molecule has 0 aliphatic heterocycles. The van der Waals surface area contributed by atoms with E-state index in [0.717, 1.165) is 37.0 Å². The van der Waals surface area contributed by atoms with Crippen molar-refractivity contribution >= 4 is 10.8 Å². The first-order valence-corrected chi connectivity index (χ1v) is 7.32. The maximum atomic E-state index is 13.7. The van der Waals surface area contributed by atoms with Gasteiger partial charge < -0.3 is 10.6 Å². The Morgan fingerprint density at radius 3 is 2.60 bits per heavy atom. The van der Waals surface area contributed by atoms with Crippen molar-refractivity contribution in [2.45, 2.75) is 32.9 Å². The standard InChI is InChI=1S/C17H23FN2/c1-3-10-19-11-13(2)20-12-14-8-9-17(18)16-7-5-4-6-15(14)16/h4-9,13,19-20H,3,10-12H2,1-2H3. The molecule has 2 rings (SSSR count). The zero-order valence-corrected chi connectivity index (χ0v) is 12.2. The second-order valence-corrected chi connectivity index (χ2v) is 5.24. The van der Waals surface area contributed by atoms with Gasteiger partial charge in [0.2, 0.25) is 0 Å². The molecule has 0 spiro atoms. The minimum atomic E-state index is -0.151. The summed E-state index contributed by atoms with van der Waals surface area (Å²) >= 11 is 0. The van der Waals surface area contributed by atoms with Gasteiger partial charge in [0.15, 0.2) is 0 Å². The van der Waals surface area contributed by atoms with Crippen LogP contribution in [0.5, 0.6) is 0 Å². The molecule has 0 fully saturated rings. The van der Waals surface area contributed by atoms with Crippen LogP contribution < -0.4 is 10.6 Å². The molecular formula is C17H23FN2. The summed E-state index contributed by atoms with van der Waals surface area (Å²) in [4.78, 5) is 0. The second kappa shape index (κ2) is 7.36. The van der Waals surface area contributed by atoms with Crippen molar-refractivity contribution in [3.63, 3.8) is 0 Å². The van der Waals surface area contributed by atoms with E-state index in [0.29, 0.717) is 11.4 Å². The molecule has 108 valence electrons. The van der Waals surface area contributed by atoms with Crippen LogP contribution in [0.2, 0.25) is 0 Å². The van der Waals surface area contributed by atoms with Crippen molar-refractivity contribution < 1.29 is 4.39 Å². The van der Waals surface area contributed by atoms with Crippen LogP contribution in [0.15, 0.2) is 36.4 Å². The van der Waals surface area contributed by atoms with E-state index >= 15 is 0 Å². The smallest absolute Gasteiger partial charge is 0.131 e. The normalized spacial score (nSPS) is 12.8. The molecule has 2 nitrogen and oxygen atoms in total. The van der Waals surface area contributed by atoms with Gasteiger partial charge >= 0.3 is 0 Å². The zero-order valence-electron chi connectivity index (χ0n) is 12.2. The Balaban J connectivity index is 2.01. The van der Waals surface area contributed by atoms with Gasteiger partial charge in [-0.05, 0) is 36.9 Å². The summed E-state index contributed by atoms with van der Waals surface area (Å²) in [5.41, 5.74) is 1.14. The number of benzene rings is 2. The Hall–Kier alpha value is -1.45. The van der Waals surface area contributed by atoms with Gasteiger partial charge in [0.1, 0.15) is 5.82 Å². The lowest BCUT2D eigenvalue weighted by Crippen LogP contribution is -2.36. The molecule has 0 aromatic heterocycles. The number of nitrogens with one attached hydrogen (secondary N) is 2. The fourth-order valence-corrected chi connectivity index (χ4v) is 2.33. The van der Waals surface area contributed by atoms with Crippen molar-refractivity contribution in [2.75, 3.05) is 13.1 Å². The van der Waals surface area contributed by atoms with Gasteiger partial charge in [-0.15, -0.1) is 0 Å². The van der Waals surface area contributed by atoms with Crippen molar-refractivity contribution in [2.24, 2.45) is 0 Å². The average molecular weight is 274 g/mol. The molecular weight excluding hydrogens is 251 g/mol. The highest BCUT2D eigenvalue weighted by atomic mass is 19.1. The van der Waals surface area contributed by atoms with Gasteiger partial charge in [0.25, 0.3) is 0 Å². The van der Waals surface area contributed by atoms with Gasteiger partial charge in [0.05, 0.1) is 0 Å². The van der Waals surface area contributed by atoms with Gasteiger partial charge in [-0.25, -0.2) is 4.39 Å². The molecule has 0 amide bonds. The van der Waals surface area contributed by atoms with E-state index in [-0.39, 0.29) is 5.82 Å². The molecule has 20 heavy (non-hydrogen) atoms. The summed E-state index contributed by atoms with van der Waals surface area (Å²) in [6.45, 7) is 7.08.